The normalized spacial score (nSPS) is 20.3. The molecule has 18 heavy (non-hydrogen) atoms. The van der Waals surface area contributed by atoms with Gasteiger partial charge < -0.3 is 10.2 Å². The van der Waals surface area contributed by atoms with Gasteiger partial charge in [0.25, 0.3) is 0 Å². The lowest BCUT2D eigenvalue weighted by Crippen LogP contribution is -2.32. The first-order chi connectivity index (χ1) is 8.74. The first-order valence-corrected chi connectivity index (χ1v) is 6.88. The molecule has 1 aromatic carbocycles. The topological polar surface area (TPSA) is 15.3 Å². The van der Waals surface area contributed by atoms with Crippen molar-refractivity contribution in [3.63, 3.8) is 0 Å². The van der Waals surface area contributed by atoms with Gasteiger partial charge in [-0.25, -0.2) is 4.39 Å². The molecule has 0 spiro atoms. The average molecular weight is 250 g/mol. The minimum atomic E-state index is -0.158. The number of nitrogens with one attached hydrogen (secondary N) is 1. The van der Waals surface area contributed by atoms with Crippen LogP contribution in [0.3, 0.4) is 0 Å². The van der Waals surface area contributed by atoms with Crippen molar-refractivity contribution in [2.24, 2.45) is 5.92 Å². The highest BCUT2D eigenvalue weighted by Crippen LogP contribution is 2.15. The molecule has 0 bridgehead atoms. The molecule has 1 aromatic rings. The predicted octanol–water partition coefficient (Wildman–Crippen LogP) is 2.65. The number of rotatable bonds is 5. The van der Waals surface area contributed by atoms with Gasteiger partial charge in [-0.2, -0.15) is 0 Å². The minimum absolute atomic E-state index is 0.158. The van der Waals surface area contributed by atoms with Crippen molar-refractivity contribution >= 4 is 0 Å². The Balaban J connectivity index is 1.71. The van der Waals surface area contributed by atoms with E-state index in [1.807, 2.05) is 12.1 Å². The maximum Gasteiger partial charge on any atom is 0.123 e. The van der Waals surface area contributed by atoms with E-state index in [0.29, 0.717) is 0 Å². The Morgan fingerprint density at radius 3 is 2.78 bits per heavy atom. The Morgan fingerprint density at radius 2 is 2.11 bits per heavy atom. The van der Waals surface area contributed by atoms with E-state index in [0.717, 1.165) is 19.0 Å². The molecule has 1 aliphatic rings. The summed E-state index contributed by atoms with van der Waals surface area (Å²) in [6.07, 6.45) is 3.93. The van der Waals surface area contributed by atoms with E-state index in [1.54, 1.807) is 0 Å². The molecule has 0 radical (unpaired) electrons. The van der Waals surface area contributed by atoms with E-state index in [9.17, 15) is 4.39 Å². The summed E-state index contributed by atoms with van der Waals surface area (Å²) >= 11 is 0. The van der Waals surface area contributed by atoms with Crippen molar-refractivity contribution in [1.29, 1.82) is 0 Å². The van der Waals surface area contributed by atoms with Gasteiger partial charge in [-0.15, -0.1) is 0 Å². The zero-order valence-corrected chi connectivity index (χ0v) is 11.2. The second-order valence-corrected chi connectivity index (χ2v) is 5.37. The molecule has 2 nitrogen and oxygen atoms in total. The van der Waals surface area contributed by atoms with E-state index in [-0.39, 0.29) is 5.82 Å². The molecule has 0 aromatic heterocycles. The monoisotopic (exact) mass is 250 g/mol. The molecule has 1 saturated heterocycles. The number of hydrogen-bond acceptors (Lipinski definition) is 2. The maximum absolute atomic E-state index is 12.8. The number of benzene rings is 1. The van der Waals surface area contributed by atoms with Gasteiger partial charge in [0.15, 0.2) is 0 Å². The molecular weight excluding hydrogens is 227 g/mol. The van der Waals surface area contributed by atoms with Crippen LogP contribution in [0, 0.1) is 11.7 Å². The lowest BCUT2D eigenvalue weighted by atomic mass is 9.96. The fraction of sp³-hybridized carbons (Fsp3) is 0.600. The van der Waals surface area contributed by atoms with E-state index in [4.69, 9.17) is 0 Å². The quantitative estimate of drug-likeness (QED) is 0.864. The van der Waals surface area contributed by atoms with Crippen LogP contribution >= 0.6 is 0 Å². The second-order valence-electron chi connectivity index (χ2n) is 5.37. The highest BCUT2D eigenvalue weighted by atomic mass is 19.1. The summed E-state index contributed by atoms with van der Waals surface area (Å²) in [5.41, 5.74) is 1.18. The van der Waals surface area contributed by atoms with Gasteiger partial charge in [0.2, 0.25) is 0 Å². The smallest absolute Gasteiger partial charge is 0.123 e. The van der Waals surface area contributed by atoms with Crippen LogP contribution in [0.25, 0.3) is 0 Å². The Kier molecular flexibility index (Phi) is 5.14. The Labute approximate surface area is 109 Å². The third kappa shape index (κ3) is 4.39. The molecule has 3 heteroatoms. The molecule has 100 valence electrons. The molecule has 0 amide bonds. The average Bonchev–Trinajstić information content (AvgIpc) is 2.40. The van der Waals surface area contributed by atoms with Crippen LogP contribution in [0.2, 0.25) is 0 Å². The predicted molar refractivity (Wildman–Crippen MR) is 72.9 cm³/mol. The van der Waals surface area contributed by atoms with E-state index in [2.05, 4.69) is 17.3 Å². The van der Waals surface area contributed by atoms with Gasteiger partial charge in [-0.1, -0.05) is 12.1 Å². The second kappa shape index (κ2) is 6.86. The summed E-state index contributed by atoms with van der Waals surface area (Å²) in [6, 6.07) is 6.81. The van der Waals surface area contributed by atoms with Gasteiger partial charge in [-0.05, 0) is 69.6 Å². The molecule has 1 fully saturated rings. The fourth-order valence-electron chi connectivity index (χ4n) is 2.55. The largest absolute Gasteiger partial charge is 0.316 e. The summed E-state index contributed by atoms with van der Waals surface area (Å²) in [4.78, 5) is 2.32. The zero-order chi connectivity index (χ0) is 12.8. The van der Waals surface area contributed by atoms with Crippen LogP contribution in [0.1, 0.15) is 24.8 Å². The number of nitrogens with zero attached hydrogens (tertiary/aromatic N) is 1. The molecule has 2 rings (SSSR count). The maximum atomic E-state index is 12.8. The van der Waals surface area contributed by atoms with Gasteiger partial charge in [-0.3, -0.25) is 0 Å². The highest BCUT2D eigenvalue weighted by molar-refractivity contribution is 5.15. The SMILES string of the molecule is CN(CCC1CCCNC1)Cc1ccc(F)cc1. The molecule has 1 atom stereocenters. The zero-order valence-electron chi connectivity index (χ0n) is 11.2. The lowest BCUT2D eigenvalue weighted by molar-refractivity contribution is 0.268. The van der Waals surface area contributed by atoms with Gasteiger partial charge in [0.05, 0.1) is 0 Å². The lowest BCUT2D eigenvalue weighted by Gasteiger charge is -2.25. The number of hydrogen-bond donors (Lipinski definition) is 1. The van der Waals surface area contributed by atoms with Crippen LogP contribution in [0.5, 0.6) is 0 Å². The Bertz CT molecular complexity index is 344. The summed E-state index contributed by atoms with van der Waals surface area (Å²) < 4.78 is 12.8. The van der Waals surface area contributed by atoms with Crippen molar-refractivity contribution in [2.75, 3.05) is 26.7 Å². The highest BCUT2D eigenvalue weighted by Gasteiger charge is 2.13. The molecule has 1 N–H and O–H groups in total. The summed E-state index contributed by atoms with van der Waals surface area (Å²) in [5, 5.41) is 3.45. The van der Waals surface area contributed by atoms with Crippen LogP contribution in [0.15, 0.2) is 24.3 Å². The molecule has 1 aliphatic heterocycles. The van der Waals surface area contributed by atoms with E-state index in [1.165, 1.54) is 50.0 Å². The van der Waals surface area contributed by atoms with Crippen molar-refractivity contribution in [2.45, 2.75) is 25.8 Å². The minimum Gasteiger partial charge on any atom is -0.316 e. The third-order valence-electron chi connectivity index (χ3n) is 3.68. The van der Waals surface area contributed by atoms with Crippen LogP contribution in [0.4, 0.5) is 4.39 Å². The Hall–Kier alpha value is -0.930. The summed E-state index contributed by atoms with van der Waals surface area (Å²) in [6.45, 7) is 4.37. The van der Waals surface area contributed by atoms with E-state index >= 15 is 0 Å². The van der Waals surface area contributed by atoms with Crippen LogP contribution in [-0.2, 0) is 6.54 Å². The standard InChI is InChI=1S/C15H23FN2/c1-18(10-8-13-3-2-9-17-11-13)12-14-4-6-15(16)7-5-14/h4-7,13,17H,2-3,8-12H2,1H3. The van der Waals surface area contributed by atoms with Gasteiger partial charge in [0, 0.05) is 6.54 Å². The van der Waals surface area contributed by atoms with Crippen molar-refractivity contribution in [3.05, 3.63) is 35.6 Å². The molecular formula is C15H23FN2. The number of piperidine rings is 1. The summed E-state index contributed by atoms with van der Waals surface area (Å²) in [7, 11) is 2.14. The van der Waals surface area contributed by atoms with Crippen LogP contribution in [-0.4, -0.2) is 31.6 Å². The molecule has 0 saturated carbocycles. The van der Waals surface area contributed by atoms with Gasteiger partial charge in [0.1, 0.15) is 5.82 Å². The first kappa shape index (κ1) is 13.5. The van der Waals surface area contributed by atoms with Crippen molar-refractivity contribution < 1.29 is 4.39 Å². The molecule has 1 heterocycles. The fourth-order valence-corrected chi connectivity index (χ4v) is 2.55. The molecule has 0 aliphatic carbocycles. The number of halogens is 1. The van der Waals surface area contributed by atoms with E-state index < -0.39 is 0 Å². The summed E-state index contributed by atoms with van der Waals surface area (Å²) in [5.74, 6) is 0.670. The molecule has 1 unspecified atom stereocenters. The Morgan fingerprint density at radius 1 is 1.33 bits per heavy atom. The van der Waals surface area contributed by atoms with Crippen LogP contribution < -0.4 is 5.32 Å². The van der Waals surface area contributed by atoms with Crippen molar-refractivity contribution in [1.82, 2.24) is 10.2 Å². The van der Waals surface area contributed by atoms with Gasteiger partial charge >= 0.3 is 0 Å². The first-order valence-electron chi connectivity index (χ1n) is 6.88. The van der Waals surface area contributed by atoms with Crippen molar-refractivity contribution in [3.8, 4) is 0 Å². The third-order valence-corrected chi connectivity index (χ3v) is 3.68.